The van der Waals surface area contributed by atoms with Crippen LogP contribution in [0, 0.1) is 5.92 Å². The van der Waals surface area contributed by atoms with Gasteiger partial charge in [0, 0.05) is 0 Å². The molecule has 0 heterocycles. The van der Waals surface area contributed by atoms with Gasteiger partial charge >= 0.3 is 0 Å². The third kappa shape index (κ3) is 4.05. The van der Waals surface area contributed by atoms with Gasteiger partial charge in [0.1, 0.15) is 0 Å². The van der Waals surface area contributed by atoms with Gasteiger partial charge in [-0.15, -0.1) is 0 Å². The van der Waals surface area contributed by atoms with Crippen LogP contribution in [-0.2, 0) is 16.4 Å². The molecule has 1 aromatic rings. The van der Waals surface area contributed by atoms with Crippen molar-refractivity contribution in [2.75, 3.05) is 6.61 Å². The SMILES string of the molecule is CC(C)Cc1ccc(S(=O)(=O)NC2(CO)CCCC2)cc1. The maximum atomic E-state index is 12.5. The maximum Gasteiger partial charge on any atom is 0.241 e. The van der Waals surface area contributed by atoms with Crippen molar-refractivity contribution in [1.29, 1.82) is 0 Å². The molecule has 0 radical (unpaired) electrons. The fourth-order valence-corrected chi connectivity index (χ4v) is 4.42. The van der Waals surface area contributed by atoms with Gasteiger partial charge in [0.2, 0.25) is 10.0 Å². The molecular formula is C16H25NO3S. The zero-order chi connectivity index (χ0) is 15.5. The fraction of sp³-hybridized carbons (Fsp3) is 0.625. The van der Waals surface area contributed by atoms with Gasteiger partial charge in [-0.3, -0.25) is 0 Å². The minimum absolute atomic E-state index is 0.141. The summed E-state index contributed by atoms with van der Waals surface area (Å²) in [7, 11) is -3.57. The molecule has 0 saturated heterocycles. The fourth-order valence-electron chi connectivity index (χ4n) is 2.96. The smallest absolute Gasteiger partial charge is 0.241 e. The molecule has 1 aromatic carbocycles. The average Bonchev–Trinajstić information content (AvgIpc) is 2.87. The number of hydrogen-bond donors (Lipinski definition) is 2. The van der Waals surface area contributed by atoms with Crippen molar-refractivity contribution in [3.63, 3.8) is 0 Å². The number of nitrogens with one attached hydrogen (secondary N) is 1. The van der Waals surface area contributed by atoms with E-state index in [1.807, 2.05) is 12.1 Å². The van der Waals surface area contributed by atoms with Gasteiger partial charge in [-0.2, -0.15) is 0 Å². The van der Waals surface area contributed by atoms with Crippen LogP contribution in [0.3, 0.4) is 0 Å². The topological polar surface area (TPSA) is 66.4 Å². The first-order chi connectivity index (χ1) is 9.87. The summed E-state index contributed by atoms with van der Waals surface area (Å²) in [6, 6.07) is 7.05. The molecule has 0 amide bonds. The third-order valence-corrected chi connectivity index (χ3v) is 5.69. The zero-order valence-electron chi connectivity index (χ0n) is 12.8. The molecule has 1 aliphatic rings. The number of aliphatic hydroxyl groups is 1. The van der Waals surface area contributed by atoms with Crippen LogP contribution in [0.15, 0.2) is 29.2 Å². The summed E-state index contributed by atoms with van der Waals surface area (Å²) in [5, 5.41) is 9.54. The van der Waals surface area contributed by atoms with E-state index in [9.17, 15) is 13.5 Å². The second-order valence-corrected chi connectivity index (χ2v) is 8.18. The van der Waals surface area contributed by atoms with E-state index < -0.39 is 15.6 Å². The largest absolute Gasteiger partial charge is 0.394 e. The molecule has 0 aliphatic heterocycles. The summed E-state index contributed by atoms with van der Waals surface area (Å²) >= 11 is 0. The standard InChI is InChI=1S/C16H25NO3S/c1-13(2)11-14-5-7-15(8-6-14)21(19,20)17-16(12-18)9-3-4-10-16/h5-8,13,17-18H,3-4,9-12H2,1-2H3. The van der Waals surface area contributed by atoms with Crippen molar-refractivity contribution in [3.05, 3.63) is 29.8 Å². The Morgan fingerprint density at radius 1 is 1.19 bits per heavy atom. The van der Waals surface area contributed by atoms with Crippen LogP contribution < -0.4 is 4.72 Å². The average molecular weight is 311 g/mol. The highest BCUT2D eigenvalue weighted by Gasteiger charge is 2.37. The van der Waals surface area contributed by atoms with Crippen molar-refractivity contribution >= 4 is 10.0 Å². The molecular weight excluding hydrogens is 286 g/mol. The Labute approximate surface area is 127 Å². The Balaban J connectivity index is 2.15. The van der Waals surface area contributed by atoms with Gasteiger partial charge in [0.05, 0.1) is 17.0 Å². The van der Waals surface area contributed by atoms with Gasteiger partial charge < -0.3 is 5.11 Å². The van der Waals surface area contributed by atoms with Gasteiger partial charge in [-0.25, -0.2) is 13.1 Å². The van der Waals surface area contributed by atoms with Crippen LogP contribution in [0.25, 0.3) is 0 Å². The van der Waals surface area contributed by atoms with E-state index in [0.717, 1.165) is 24.8 Å². The van der Waals surface area contributed by atoms with Crippen LogP contribution in [0.5, 0.6) is 0 Å². The number of hydrogen-bond acceptors (Lipinski definition) is 3. The highest BCUT2D eigenvalue weighted by Crippen LogP contribution is 2.30. The van der Waals surface area contributed by atoms with Crippen molar-refractivity contribution in [1.82, 2.24) is 4.72 Å². The third-order valence-electron chi connectivity index (χ3n) is 4.09. The van der Waals surface area contributed by atoms with Crippen LogP contribution in [0.2, 0.25) is 0 Å². The molecule has 21 heavy (non-hydrogen) atoms. The van der Waals surface area contributed by atoms with Gasteiger partial charge in [-0.1, -0.05) is 38.8 Å². The first kappa shape index (κ1) is 16.5. The van der Waals surface area contributed by atoms with E-state index in [4.69, 9.17) is 0 Å². The van der Waals surface area contributed by atoms with Gasteiger partial charge in [0.25, 0.3) is 0 Å². The molecule has 2 rings (SSSR count). The lowest BCUT2D eigenvalue weighted by atomic mass is 10.0. The summed E-state index contributed by atoms with van der Waals surface area (Å²) in [6.07, 6.45) is 4.25. The van der Waals surface area contributed by atoms with E-state index in [1.165, 1.54) is 0 Å². The van der Waals surface area contributed by atoms with E-state index in [-0.39, 0.29) is 11.5 Å². The van der Waals surface area contributed by atoms with Crippen LogP contribution >= 0.6 is 0 Å². The first-order valence-corrected chi connectivity index (χ1v) is 9.09. The monoisotopic (exact) mass is 311 g/mol. The molecule has 0 spiro atoms. The zero-order valence-corrected chi connectivity index (χ0v) is 13.6. The molecule has 0 aromatic heterocycles. The second kappa shape index (κ2) is 6.46. The molecule has 2 N–H and O–H groups in total. The summed E-state index contributed by atoms with van der Waals surface area (Å²) < 4.78 is 27.6. The lowest BCUT2D eigenvalue weighted by molar-refractivity contribution is 0.185. The molecule has 4 nitrogen and oxygen atoms in total. The predicted molar refractivity (Wildman–Crippen MR) is 83.6 cm³/mol. The quantitative estimate of drug-likeness (QED) is 0.848. The minimum atomic E-state index is -3.57. The Kier molecular flexibility index (Phi) is 5.07. The highest BCUT2D eigenvalue weighted by molar-refractivity contribution is 7.89. The Morgan fingerprint density at radius 3 is 2.24 bits per heavy atom. The number of aliphatic hydroxyl groups excluding tert-OH is 1. The lowest BCUT2D eigenvalue weighted by Gasteiger charge is -2.27. The number of rotatable bonds is 6. The molecule has 5 heteroatoms. The number of sulfonamides is 1. The molecule has 0 bridgehead atoms. The summed E-state index contributed by atoms with van der Waals surface area (Å²) in [5.74, 6) is 0.543. The predicted octanol–water partition coefficient (Wildman–Crippen LogP) is 2.47. The van der Waals surface area contributed by atoms with E-state index >= 15 is 0 Å². The molecule has 1 aliphatic carbocycles. The molecule has 0 atom stereocenters. The highest BCUT2D eigenvalue weighted by atomic mass is 32.2. The summed E-state index contributed by atoms with van der Waals surface area (Å²) in [4.78, 5) is 0.273. The van der Waals surface area contributed by atoms with Crippen molar-refractivity contribution in [2.45, 2.75) is 56.4 Å². The minimum Gasteiger partial charge on any atom is -0.394 e. The van der Waals surface area contributed by atoms with E-state index in [0.29, 0.717) is 18.8 Å². The first-order valence-electron chi connectivity index (χ1n) is 7.61. The summed E-state index contributed by atoms with van der Waals surface area (Å²) in [6.45, 7) is 4.13. The van der Waals surface area contributed by atoms with Crippen LogP contribution in [0.1, 0.15) is 45.1 Å². The Hall–Kier alpha value is -0.910. The lowest BCUT2D eigenvalue weighted by Crippen LogP contribution is -2.49. The summed E-state index contributed by atoms with van der Waals surface area (Å²) in [5.41, 5.74) is 0.469. The van der Waals surface area contributed by atoms with Gasteiger partial charge in [0.15, 0.2) is 0 Å². The van der Waals surface area contributed by atoms with Gasteiger partial charge in [-0.05, 0) is 42.9 Å². The molecule has 118 valence electrons. The van der Waals surface area contributed by atoms with Crippen LogP contribution in [0.4, 0.5) is 0 Å². The number of benzene rings is 1. The van der Waals surface area contributed by atoms with Crippen molar-refractivity contribution < 1.29 is 13.5 Å². The van der Waals surface area contributed by atoms with E-state index in [1.54, 1.807) is 12.1 Å². The molecule has 1 saturated carbocycles. The van der Waals surface area contributed by atoms with Crippen molar-refractivity contribution in [2.24, 2.45) is 5.92 Å². The molecule has 1 fully saturated rings. The van der Waals surface area contributed by atoms with E-state index in [2.05, 4.69) is 18.6 Å². The van der Waals surface area contributed by atoms with Crippen LogP contribution in [-0.4, -0.2) is 25.7 Å². The Morgan fingerprint density at radius 2 is 1.76 bits per heavy atom. The normalized spacial score (nSPS) is 18.3. The molecule has 0 unspecified atom stereocenters. The van der Waals surface area contributed by atoms with Crippen molar-refractivity contribution in [3.8, 4) is 0 Å². The Bertz CT molecular complexity index is 558. The maximum absolute atomic E-state index is 12.5. The second-order valence-electron chi connectivity index (χ2n) is 6.49.